The van der Waals surface area contributed by atoms with Crippen LogP contribution in [-0.4, -0.2) is 24.9 Å². The fourth-order valence-corrected chi connectivity index (χ4v) is 2.59. The molecule has 1 aliphatic carbocycles. The number of hydrogen-bond donors (Lipinski definition) is 1. The van der Waals surface area contributed by atoms with Gasteiger partial charge in [-0.3, -0.25) is 0 Å². The van der Waals surface area contributed by atoms with Crippen LogP contribution in [0.1, 0.15) is 25.7 Å². The van der Waals surface area contributed by atoms with Gasteiger partial charge in [-0.05, 0) is 30.4 Å². The summed E-state index contributed by atoms with van der Waals surface area (Å²) < 4.78 is 26.1. The minimum absolute atomic E-state index is 0.0395. The third kappa shape index (κ3) is 3.90. The number of halogens is 1. The third-order valence-corrected chi connectivity index (χ3v) is 4.30. The molecule has 1 aliphatic rings. The molecule has 1 aromatic rings. The molecule has 5 nitrogen and oxygen atoms in total. The first-order valence-corrected chi connectivity index (χ1v) is 7.41. The van der Waals surface area contributed by atoms with Crippen molar-refractivity contribution in [2.24, 2.45) is 5.92 Å². The first kappa shape index (κ1) is 12.7. The van der Waals surface area contributed by atoms with E-state index in [-0.39, 0.29) is 10.2 Å². The van der Waals surface area contributed by atoms with Crippen LogP contribution in [-0.2, 0) is 10.0 Å². The summed E-state index contributed by atoms with van der Waals surface area (Å²) in [4.78, 5) is 7.34. The summed E-state index contributed by atoms with van der Waals surface area (Å²) in [6.07, 6.45) is 6.96. The monoisotopic (exact) mass is 275 g/mol. The van der Waals surface area contributed by atoms with E-state index < -0.39 is 10.0 Å². The van der Waals surface area contributed by atoms with Crippen molar-refractivity contribution < 1.29 is 8.42 Å². The van der Waals surface area contributed by atoms with Crippen LogP contribution in [0.4, 0.5) is 0 Å². The molecule has 0 aromatic carbocycles. The van der Waals surface area contributed by atoms with Crippen molar-refractivity contribution in [3.8, 4) is 0 Å². The fraction of sp³-hybridized carbons (Fsp3) is 0.600. The second-order valence-corrected chi connectivity index (χ2v) is 6.28. The van der Waals surface area contributed by atoms with Crippen LogP contribution in [0.25, 0.3) is 0 Å². The van der Waals surface area contributed by atoms with Crippen LogP contribution >= 0.6 is 11.6 Å². The molecule has 2 rings (SSSR count). The first-order valence-electron chi connectivity index (χ1n) is 5.55. The predicted octanol–water partition coefficient (Wildman–Crippen LogP) is 1.60. The maximum Gasteiger partial charge on any atom is 0.243 e. The van der Waals surface area contributed by atoms with E-state index in [2.05, 4.69) is 14.7 Å². The molecular formula is C10H14ClN3O2S. The van der Waals surface area contributed by atoms with Gasteiger partial charge in [-0.15, -0.1) is 0 Å². The first-order chi connectivity index (χ1) is 8.08. The third-order valence-electron chi connectivity index (χ3n) is 2.69. The lowest BCUT2D eigenvalue weighted by Gasteiger charge is -2.05. The van der Waals surface area contributed by atoms with Gasteiger partial charge in [-0.1, -0.05) is 12.8 Å². The molecule has 17 heavy (non-hydrogen) atoms. The van der Waals surface area contributed by atoms with Crippen molar-refractivity contribution in [3.63, 3.8) is 0 Å². The normalized spacial score (nSPS) is 16.1. The highest BCUT2D eigenvalue weighted by molar-refractivity contribution is 7.89. The lowest BCUT2D eigenvalue weighted by Crippen LogP contribution is -2.25. The zero-order valence-corrected chi connectivity index (χ0v) is 10.8. The number of hydrogen-bond acceptors (Lipinski definition) is 4. The Morgan fingerprint density at radius 1 is 1.35 bits per heavy atom. The lowest BCUT2D eigenvalue weighted by atomic mass is 10.2. The van der Waals surface area contributed by atoms with Gasteiger partial charge in [-0.2, -0.15) is 0 Å². The average molecular weight is 276 g/mol. The van der Waals surface area contributed by atoms with Crippen LogP contribution in [0.15, 0.2) is 17.3 Å². The van der Waals surface area contributed by atoms with Gasteiger partial charge in [0, 0.05) is 6.54 Å². The fourth-order valence-electron chi connectivity index (χ4n) is 1.53. The molecule has 0 bridgehead atoms. The molecule has 0 radical (unpaired) electrons. The standard InChI is InChI=1S/C10H14ClN3O2S/c11-10-12-6-9(7-13-10)17(15,16)14-5-1-2-8-3-4-8/h6-8,14H,1-5H2. The Balaban J connectivity index is 1.86. The Labute approximate surface area is 106 Å². The van der Waals surface area contributed by atoms with E-state index >= 15 is 0 Å². The van der Waals surface area contributed by atoms with Crippen LogP contribution in [0.5, 0.6) is 0 Å². The molecule has 1 saturated carbocycles. The second kappa shape index (κ2) is 5.29. The van der Waals surface area contributed by atoms with Crippen molar-refractivity contribution >= 4 is 21.6 Å². The molecule has 0 saturated heterocycles. The SMILES string of the molecule is O=S(=O)(NCCCC1CC1)c1cnc(Cl)nc1. The summed E-state index contributed by atoms with van der Waals surface area (Å²) in [5, 5.41) is 0.0395. The average Bonchev–Trinajstić information content (AvgIpc) is 3.09. The summed E-state index contributed by atoms with van der Waals surface area (Å²) in [5.41, 5.74) is 0. The summed E-state index contributed by atoms with van der Waals surface area (Å²) in [6, 6.07) is 0. The number of sulfonamides is 1. The largest absolute Gasteiger partial charge is 0.243 e. The van der Waals surface area contributed by atoms with Gasteiger partial charge in [-0.25, -0.2) is 23.1 Å². The Kier molecular flexibility index (Phi) is 3.96. The van der Waals surface area contributed by atoms with Gasteiger partial charge in [0.1, 0.15) is 4.90 Å². The van der Waals surface area contributed by atoms with E-state index in [1.165, 1.54) is 25.2 Å². The summed E-state index contributed by atoms with van der Waals surface area (Å²) in [7, 11) is -3.49. The van der Waals surface area contributed by atoms with Crippen molar-refractivity contribution in [2.75, 3.05) is 6.54 Å². The molecule has 1 heterocycles. The Bertz CT molecular complexity index is 471. The van der Waals surface area contributed by atoms with Crippen LogP contribution in [0.3, 0.4) is 0 Å². The van der Waals surface area contributed by atoms with Crippen LogP contribution < -0.4 is 4.72 Å². The molecule has 7 heteroatoms. The number of aromatic nitrogens is 2. The molecular weight excluding hydrogens is 262 g/mol. The molecule has 0 amide bonds. The Morgan fingerprint density at radius 2 is 2.00 bits per heavy atom. The molecule has 0 atom stereocenters. The maximum atomic E-state index is 11.8. The Morgan fingerprint density at radius 3 is 2.59 bits per heavy atom. The van der Waals surface area contributed by atoms with Crippen molar-refractivity contribution in [3.05, 3.63) is 17.7 Å². The summed E-state index contributed by atoms with van der Waals surface area (Å²) >= 11 is 5.49. The highest BCUT2D eigenvalue weighted by Gasteiger charge is 2.21. The number of nitrogens with one attached hydrogen (secondary N) is 1. The zero-order chi connectivity index (χ0) is 12.3. The minimum Gasteiger partial charge on any atom is -0.225 e. The predicted molar refractivity (Wildman–Crippen MR) is 64.2 cm³/mol. The van der Waals surface area contributed by atoms with Crippen molar-refractivity contribution in [1.82, 2.24) is 14.7 Å². The smallest absolute Gasteiger partial charge is 0.225 e. The van der Waals surface area contributed by atoms with Crippen LogP contribution in [0.2, 0.25) is 5.28 Å². The highest BCUT2D eigenvalue weighted by Crippen LogP contribution is 2.33. The summed E-state index contributed by atoms with van der Waals surface area (Å²) in [6.45, 7) is 0.460. The van der Waals surface area contributed by atoms with Crippen LogP contribution in [0, 0.1) is 5.92 Å². The zero-order valence-electron chi connectivity index (χ0n) is 9.26. The van der Waals surface area contributed by atoms with E-state index in [1.54, 1.807) is 0 Å². The second-order valence-electron chi connectivity index (χ2n) is 4.17. The van der Waals surface area contributed by atoms with Gasteiger partial charge in [0.15, 0.2) is 0 Å². The van der Waals surface area contributed by atoms with Gasteiger partial charge >= 0.3 is 0 Å². The van der Waals surface area contributed by atoms with Crippen molar-refractivity contribution in [2.45, 2.75) is 30.6 Å². The highest BCUT2D eigenvalue weighted by atomic mass is 35.5. The molecule has 0 unspecified atom stereocenters. The number of nitrogens with zero attached hydrogens (tertiary/aromatic N) is 2. The summed E-state index contributed by atoms with van der Waals surface area (Å²) in [5.74, 6) is 0.818. The van der Waals surface area contributed by atoms with Gasteiger partial charge in [0.2, 0.25) is 15.3 Å². The van der Waals surface area contributed by atoms with E-state index in [0.717, 1.165) is 18.8 Å². The van der Waals surface area contributed by atoms with Gasteiger partial charge in [0.25, 0.3) is 0 Å². The van der Waals surface area contributed by atoms with Gasteiger partial charge in [0.05, 0.1) is 12.4 Å². The molecule has 0 aliphatic heterocycles. The Hall–Kier alpha value is -0.720. The topological polar surface area (TPSA) is 72.0 Å². The number of rotatable bonds is 6. The van der Waals surface area contributed by atoms with Gasteiger partial charge < -0.3 is 0 Å². The van der Waals surface area contributed by atoms with E-state index in [9.17, 15) is 8.42 Å². The molecule has 94 valence electrons. The quantitative estimate of drug-likeness (QED) is 0.632. The minimum atomic E-state index is -3.49. The van der Waals surface area contributed by atoms with Crippen molar-refractivity contribution in [1.29, 1.82) is 0 Å². The van der Waals surface area contributed by atoms with E-state index in [0.29, 0.717) is 6.54 Å². The molecule has 1 aromatic heterocycles. The lowest BCUT2D eigenvalue weighted by molar-refractivity contribution is 0.571. The molecule has 0 spiro atoms. The van der Waals surface area contributed by atoms with E-state index in [1.807, 2.05) is 0 Å². The molecule has 1 fully saturated rings. The maximum absolute atomic E-state index is 11.8. The molecule has 1 N–H and O–H groups in total. The van der Waals surface area contributed by atoms with E-state index in [4.69, 9.17) is 11.6 Å².